The summed E-state index contributed by atoms with van der Waals surface area (Å²) in [6, 6.07) is 17.1. The number of aryl methyl sites for hydroxylation is 2. The third kappa shape index (κ3) is 2.46. The Morgan fingerprint density at radius 3 is 1.37 bits per heavy atom. The average Bonchev–Trinajstić information content (AvgIpc) is 2.90. The molecule has 0 saturated heterocycles. The zero-order chi connectivity index (χ0) is 13.2. The Hall–Kier alpha value is -1.89. The summed E-state index contributed by atoms with van der Waals surface area (Å²) in [6.45, 7) is 4.19. The third-order valence-electron chi connectivity index (χ3n) is 3.39. The third-order valence-corrected chi connectivity index (χ3v) is 3.39. The van der Waals surface area contributed by atoms with Gasteiger partial charge in [-0.05, 0) is 0 Å². The first-order valence-electron chi connectivity index (χ1n) is 6.44. The van der Waals surface area contributed by atoms with Gasteiger partial charge in [-0.2, -0.15) is 0 Å². The Kier molecular flexibility index (Phi) is 3.20. The molecular weight excluding hydrogens is 230 g/mol. The monoisotopic (exact) mass is 244 g/mol. The molecular formula is C16H14B2O. The Balaban J connectivity index is 2.07. The molecule has 0 atom stereocenters. The SMILES string of the molecule is Cc1ccc(-c2bobc2-c2ccc(C)cc2)cc1. The predicted molar refractivity (Wildman–Crippen MR) is 81.7 cm³/mol. The number of hydrogen-bond acceptors (Lipinski definition) is 1. The molecule has 0 aliphatic carbocycles. The van der Waals surface area contributed by atoms with E-state index in [1.54, 1.807) is 0 Å². The second-order valence-corrected chi connectivity index (χ2v) is 4.93. The summed E-state index contributed by atoms with van der Waals surface area (Å²) in [6.07, 6.45) is 0. The molecule has 0 aliphatic heterocycles. The van der Waals surface area contributed by atoms with Crippen molar-refractivity contribution in [3.63, 3.8) is 0 Å². The number of rotatable bonds is 2. The van der Waals surface area contributed by atoms with Crippen molar-refractivity contribution in [2.24, 2.45) is 0 Å². The fraction of sp³-hybridized carbons (Fsp3) is 0.125. The topological polar surface area (TPSA) is 13.1 Å². The summed E-state index contributed by atoms with van der Waals surface area (Å²) in [5.74, 6) is 0. The molecule has 0 spiro atoms. The molecule has 90 valence electrons. The maximum atomic E-state index is 5.41. The molecule has 0 unspecified atom stereocenters. The average molecular weight is 244 g/mol. The minimum atomic E-state index is 1.14. The normalized spacial score (nSPS) is 10.2. The van der Waals surface area contributed by atoms with Crippen LogP contribution in [0.25, 0.3) is 22.0 Å². The van der Waals surface area contributed by atoms with Crippen LogP contribution in [0.1, 0.15) is 11.1 Å². The van der Waals surface area contributed by atoms with Crippen LogP contribution in [0, 0.1) is 13.8 Å². The molecule has 3 aromatic rings. The quantitative estimate of drug-likeness (QED) is 0.665. The van der Waals surface area contributed by atoms with Gasteiger partial charge in [0.05, 0.1) is 0 Å². The van der Waals surface area contributed by atoms with Crippen LogP contribution in [0.15, 0.2) is 52.8 Å². The van der Waals surface area contributed by atoms with Crippen LogP contribution in [-0.4, -0.2) is 14.3 Å². The van der Waals surface area contributed by atoms with Crippen molar-refractivity contribution in [1.82, 2.24) is 0 Å². The van der Waals surface area contributed by atoms with Crippen molar-refractivity contribution < 1.29 is 4.25 Å². The van der Waals surface area contributed by atoms with Crippen molar-refractivity contribution in [1.29, 1.82) is 0 Å². The van der Waals surface area contributed by atoms with E-state index < -0.39 is 0 Å². The molecule has 1 nitrogen and oxygen atoms in total. The minimum absolute atomic E-state index is 1.14. The molecule has 0 amide bonds. The predicted octanol–water partition coefficient (Wildman–Crippen LogP) is 3.91. The molecule has 0 bridgehead atoms. The summed E-state index contributed by atoms with van der Waals surface area (Å²) >= 11 is 0. The van der Waals surface area contributed by atoms with E-state index >= 15 is 0 Å². The molecule has 3 rings (SSSR count). The van der Waals surface area contributed by atoms with Gasteiger partial charge in [0.25, 0.3) is 0 Å². The van der Waals surface area contributed by atoms with Crippen LogP contribution in [-0.2, 0) is 0 Å². The van der Waals surface area contributed by atoms with E-state index in [9.17, 15) is 0 Å². The van der Waals surface area contributed by atoms with Crippen LogP contribution in [0.5, 0.6) is 0 Å². The second kappa shape index (κ2) is 5.00. The molecule has 0 N–H and O–H groups in total. The van der Waals surface area contributed by atoms with E-state index in [-0.39, 0.29) is 0 Å². The Morgan fingerprint density at radius 2 is 1.00 bits per heavy atom. The van der Waals surface area contributed by atoms with E-state index in [0.717, 1.165) is 10.9 Å². The van der Waals surface area contributed by atoms with Gasteiger partial charge < -0.3 is 0 Å². The van der Waals surface area contributed by atoms with Crippen LogP contribution < -0.4 is 0 Å². The van der Waals surface area contributed by atoms with E-state index in [0.29, 0.717) is 0 Å². The van der Waals surface area contributed by atoms with Crippen LogP contribution in [0.4, 0.5) is 0 Å². The van der Waals surface area contributed by atoms with Gasteiger partial charge in [-0.1, -0.05) is 0 Å². The van der Waals surface area contributed by atoms with Gasteiger partial charge in [0.1, 0.15) is 0 Å². The Labute approximate surface area is 114 Å². The molecule has 0 radical (unpaired) electrons. The first kappa shape index (κ1) is 12.2. The molecule has 0 fully saturated rings. The zero-order valence-corrected chi connectivity index (χ0v) is 11.2. The standard InChI is InChI=1S/C16H14B2O/c1-11-3-7-13(8-4-11)15-16(18-19-17-15)14-9-5-12(2)6-10-14/h3-10H,1-2H3. The fourth-order valence-corrected chi connectivity index (χ4v) is 2.21. The van der Waals surface area contributed by atoms with Crippen LogP contribution >= 0.6 is 0 Å². The molecule has 1 heterocycles. The molecule has 0 saturated carbocycles. The van der Waals surface area contributed by atoms with Crippen molar-refractivity contribution in [2.45, 2.75) is 13.8 Å². The van der Waals surface area contributed by atoms with Gasteiger partial charge >= 0.3 is 114 Å². The molecule has 1 aromatic heterocycles. The summed E-state index contributed by atoms with van der Waals surface area (Å²) in [5, 5.41) is 0. The van der Waals surface area contributed by atoms with Gasteiger partial charge in [0, 0.05) is 0 Å². The second-order valence-electron chi connectivity index (χ2n) is 4.93. The van der Waals surface area contributed by atoms with Crippen molar-refractivity contribution >= 4 is 14.3 Å². The summed E-state index contributed by atoms with van der Waals surface area (Å²) in [5.41, 5.74) is 7.20. The van der Waals surface area contributed by atoms with Gasteiger partial charge in [-0.25, -0.2) is 0 Å². The molecule has 0 aliphatic rings. The Bertz CT molecular complexity index is 622. The molecule has 3 heteroatoms. The van der Waals surface area contributed by atoms with Crippen molar-refractivity contribution in [3.05, 3.63) is 59.7 Å². The van der Waals surface area contributed by atoms with Crippen LogP contribution in [0.2, 0.25) is 0 Å². The van der Waals surface area contributed by atoms with E-state index in [4.69, 9.17) is 4.25 Å². The summed E-state index contributed by atoms with van der Waals surface area (Å²) in [7, 11) is 3.64. The van der Waals surface area contributed by atoms with Gasteiger partial charge in [0.2, 0.25) is 0 Å². The van der Waals surface area contributed by atoms with E-state index in [2.05, 4.69) is 62.4 Å². The zero-order valence-electron chi connectivity index (χ0n) is 11.2. The van der Waals surface area contributed by atoms with Gasteiger partial charge in [0.15, 0.2) is 0 Å². The number of benzene rings is 2. The van der Waals surface area contributed by atoms with Crippen molar-refractivity contribution in [3.8, 4) is 22.0 Å². The summed E-state index contributed by atoms with van der Waals surface area (Å²) in [4.78, 5) is 0. The molecule has 2 aromatic carbocycles. The first-order valence-corrected chi connectivity index (χ1v) is 6.44. The molecule has 19 heavy (non-hydrogen) atoms. The van der Waals surface area contributed by atoms with E-state index in [1.807, 2.05) is 14.3 Å². The summed E-state index contributed by atoms with van der Waals surface area (Å²) < 4.78 is 5.41. The first-order chi connectivity index (χ1) is 9.24. The Morgan fingerprint density at radius 1 is 0.632 bits per heavy atom. The fourth-order valence-electron chi connectivity index (χ4n) is 2.21. The maximum absolute atomic E-state index is 5.41. The van der Waals surface area contributed by atoms with Crippen LogP contribution in [0.3, 0.4) is 0 Å². The van der Waals surface area contributed by atoms with Gasteiger partial charge in [-0.3, -0.25) is 0 Å². The van der Waals surface area contributed by atoms with Gasteiger partial charge in [-0.15, -0.1) is 0 Å². The number of hydrogen-bond donors (Lipinski definition) is 0. The van der Waals surface area contributed by atoms with Crippen molar-refractivity contribution in [2.75, 3.05) is 0 Å². The van der Waals surface area contributed by atoms with E-state index in [1.165, 1.54) is 22.3 Å².